The fourth-order valence-corrected chi connectivity index (χ4v) is 1.94. The van der Waals surface area contributed by atoms with Crippen molar-refractivity contribution in [2.45, 2.75) is 13.8 Å². The first-order valence-corrected chi connectivity index (χ1v) is 7.38. The maximum atomic E-state index is 5.94. The molecule has 0 aromatic heterocycles. The largest absolute Gasteiger partial charge is 0.492 e. The molecule has 6 heteroatoms. The van der Waals surface area contributed by atoms with E-state index in [2.05, 4.69) is 10.2 Å². The van der Waals surface area contributed by atoms with Crippen molar-refractivity contribution >= 4 is 28.7 Å². The molecule has 0 radical (unpaired) electrons. The van der Waals surface area contributed by atoms with E-state index in [1.807, 2.05) is 13.8 Å². The van der Waals surface area contributed by atoms with Gasteiger partial charge in [-0.15, -0.1) is 5.11 Å². The van der Waals surface area contributed by atoms with Crippen LogP contribution in [0, 0.1) is 0 Å². The SMILES string of the molecule is CCOc1cc(N=Nc2ccc(Cl)cc2)c(OCC)cc1N. The van der Waals surface area contributed by atoms with E-state index in [1.54, 1.807) is 36.4 Å². The molecule has 2 rings (SSSR count). The number of benzene rings is 2. The van der Waals surface area contributed by atoms with E-state index in [0.717, 1.165) is 0 Å². The molecule has 0 aliphatic rings. The van der Waals surface area contributed by atoms with Gasteiger partial charge in [0.1, 0.15) is 17.2 Å². The van der Waals surface area contributed by atoms with E-state index in [0.29, 0.717) is 46.8 Å². The van der Waals surface area contributed by atoms with Crippen molar-refractivity contribution in [1.82, 2.24) is 0 Å². The average Bonchev–Trinajstić information content (AvgIpc) is 2.51. The smallest absolute Gasteiger partial charge is 0.149 e. The van der Waals surface area contributed by atoms with Crippen LogP contribution in [-0.2, 0) is 0 Å². The lowest BCUT2D eigenvalue weighted by Crippen LogP contribution is -1.99. The molecule has 116 valence electrons. The second kappa shape index (κ2) is 7.66. The van der Waals surface area contributed by atoms with Gasteiger partial charge in [-0.05, 0) is 38.1 Å². The first-order chi connectivity index (χ1) is 10.6. The number of azo groups is 1. The van der Waals surface area contributed by atoms with Crippen LogP contribution in [0.2, 0.25) is 5.02 Å². The number of rotatable bonds is 6. The third kappa shape index (κ3) is 4.11. The summed E-state index contributed by atoms with van der Waals surface area (Å²) in [6.07, 6.45) is 0. The van der Waals surface area contributed by atoms with E-state index >= 15 is 0 Å². The Morgan fingerprint density at radius 2 is 1.59 bits per heavy atom. The van der Waals surface area contributed by atoms with E-state index in [9.17, 15) is 0 Å². The molecule has 2 aromatic rings. The van der Waals surface area contributed by atoms with Crippen LogP contribution in [0.25, 0.3) is 0 Å². The van der Waals surface area contributed by atoms with Crippen LogP contribution in [0.5, 0.6) is 11.5 Å². The highest BCUT2D eigenvalue weighted by atomic mass is 35.5. The van der Waals surface area contributed by atoms with Gasteiger partial charge in [0, 0.05) is 17.2 Å². The summed E-state index contributed by atoms with van der Waals surface area (Å²) in [7, 11) is 0. The summed E-state index contributed by atoms with van der Waals surface area (Å²) in [5, 5.41) is 9.06. The van der Waals surface area contributed by atoms with Gasteiger partial charge in [0.2, 0.25) is 0 Å². The fraction of sp³-hybridized carbons (Fsp3) is 0.250. The minimum absolute atomic E-state index is 0.510. The quantitative estimate of drug-likeness (QED) is 0.592. The standard InChI is InChI=1S/C16H18ClN3O2/c1-3-21-15-10-14(16(22-4-2)9-13(15)18)20-19-12-7-5-11(17)6-8-12/h5-10H,3-4,18H2,1-2H3. The summed E-state index contributed by atoms with van der Waals surface area (Å²) < 4.78 is 11.0. The highest BCUT2D eigenvalue weighted by Crippen LogP contribution is 2.37. The molecule has 0 fully saturated rings. The Morgan fingerprint density at radius 1 is 0.955 bits per heavy atom. The van der Waals surface area contributed by atoms with Crippen LogP contribution in [0.4, 0.5) is 17.1 Å². The molecule has 0 aliphatic carbocycles. The molecule has 22 heavy (non-hydrogen) atoms. The monoisotopic (exact) mass is 319 g/mol. The van der Waals surface area contributed by atoms with E-state index in [-0.39, 0.29) is 0 Å². The number of ether oxygens (including phenoxy) is 2. The molecule has 0 unspecified atom stereocenters. The number of nitrogens with zero attached hydrogens (tertiary/aromatic N) is 2. The predicted molar refractivity (Wildman–Crippen MR) is 88.8 cm³/mol. The third-order valence-corrected chi connectivity index (χ3v) is 3.04. The van der Waals surface area contributed by atoms with Gasteiger partial charge in [-0.3, -0.25) is 0 Å². The van der Waals surface area contributed by atoms with Crippen LogP contribution in [-0.4, -0.2) is 13.2 Å². The molecular weight excluding hydrogens is 302 g/mol. The zero-order valence-corrected chi connectivity index (χ0v) is 13.3. The predicted octanol–water partition coefficient (Wildman–Crippen LogP) is 5.14. The van der Waals surface area contributed by atoms with Gasteiger partial charge in [0.15, 0.2) is 0 Å². The molecule has 0 atom stereocenters. The Bertz CT molecular complexity index is 657. The molecule has 0 bridgehead atoms. The lowest BCUT2D eigenvalue weighted by atomic mass is 10.2. The minimum atomic E-state index is 0.510. The summed E-state index contributed by atoms with van der Waals surface area (Å²) >= 11 is 5.85. The first-order valence-electron chi connectivity index (χ1n) is 7.00. The molecule has 0 spiro atoms. The highest BCUT2D eigenvalue weighted by molar-refractivity contribution is 6.30. The van der Waals surface area contributed by atoms with Crippen molar-refractivity contribution < 1.29 is 9.47 Å². The summed E-state index contributed by atoms with van der Waals surface area (Å²) in [4.78, 5) is 0. The van der Waals surface area contributed by atoms with Crippen LogP contribution < -0.4 is 15.2 Å². The Balaban J connectivity index is 2.34. The van der Waals surface area contributed by atoms with Crippen molar-refractivity contribution in [1.29, 1.82) is 0 Å². The Hall–Kier alpha value is -2.27. The Morgan fingerprint density at radius 3 is 2.23 bits per heavy atom. The summed E-state index contributed by atoms with van der Waals surface area (Å²) in [5.41, 5.74) is 7.71. The average molecular weight is 320 g/mol. The zero-order valence-electron chi connectivity index (χ0n) is 12.5. The maximum Gasteiger partial charge on any atom is 0.149 e. The summed E-state index contributed by atoms with van der Waals surface area (Å²) in [6.45, 7) is 4.82. The normalized spacial score (nSPS) is 10.9. The van der Waals surface area contributed by atoms with Crippen molar-refractivity contribution in [3.8, 4) is 11.5 Å². The molecule has 0 saturated carbocycles. The lowest BCUT2D eigenvalue weighted by Gasteiger charge is -2.11. The van der Waals surface area contributed by atoms with Crippen molar-refractivity contribution in [2.24, 2.45) is 10.2 Å². The number of hydrogen-bond donors (Lipinski definition) is 1. The number of hydrogen-bond acceptors (Lipinski definition) is 5. The molecule has 0 heterocycles. The second-order valence-corrected chi connectivity index (χ2v) is 4.84. The van der Waals surface area contributed by atoms with Gasteiger partial charge in [-0.2, -0.15) is 5.11 Å². The number of anilines is 1. The number of nitrogens with two attached hydrogens (primary N) is 1. The van der Waals surface area contributed by atoms with Crippen molar-refractivity contribution in [3.63, 3.8) is 0 Å². The van der Waals surface area contributed by atoms with Crippen LogP contribution in [0.1, 0.15) is 13.8 Å². The fourth-order valence-electron chi connectivity index (χ4n) is 1.81. The molecule has 2 aromatic carbocycles. The molecular formula is C16H18ClN3O2. The van der Waals surface area contributed by atoms with Gasteiger partial charge in [0.25, 0.3) is 0 Å². The summed E-state index contributed by atoms with van der Waals surface area (Å²) in [5.74, 6) is 1.14. The zero-order chi connectivity index (χ0) is 15.9. The topological polar surface area (TPSA) is 69.2 Å². The van der Waals surface area contributed by atoms with E-state index < -0.39 is 0 Å². The summed E-state index contributed by atoms with van der Waals surface area (Å²) in [6, 6.07) is 10.5. The highest BCUT2D eigenvalue weighted by Gasteiger charge is 2.10. The van der Waals surface area contributed by atoms with Gasteiger partial charge < -0.3 is 15.2 Å². The Kier molecular flexibility index (Phi) is 5.61. The van der Waals surface area contributed by atoms with Gasteiger partial charge >= 0.3 is 0 Å². The second-order valence-electron chi connectivity index (χ2n) is 4.40. The van der Waals surface area contributed by atoms with E-state index in [4.69, 9.17) is 26.8 Å². The molecule has 0 saturated heterocycles. The van der Waals surface area contributed by atoms with Crippen LogP contribution in [0.15, 0.2) is 46.6 Å². The van der Waals surface area contributed by atoms with Crippen molar-refractivity contribution in [3.05, 3.63) is 41.4 Å². The Labute approximate surface area is 134 Å². The third-order valence-electron chi connectivity index (χ3n) is 2.79. The van der Waals surface area contributed by atoms with Crippen LogP contribution >= 0.6 is 11.6 Å². The molecule has 2 N–H and O–H groups in total. The first kappa shape index (κ1) is 16.1. The minimum Gasteiger partial charge on any atom is -0.492 e. The van der Waals surface area contributed by atoms with Gasteiger partial charge in [-0.25, -0.2) is 0 Å². The van der Waals surface area contributed by atoms with E-state index in [1.165, 1.54) is 0 Å². The maximum absolute atomic E-state index is 5.94. The van der Waals surface area contributed by atoms with Crippen LogP contribution in [0.3, 0.4) is 0 Å². The lowest BCUT2D eigenvalue weighted by molar-refractivity contribution is 0.333. The van der Waals surface area contributed by atoms with Gasteiger partial charge in [-0.1, -0.05) is 11.6 Å². The molecule has 0 aliphatic heterocycles. The van der Waals surface area contributed by atoms with Crippen molar-refractivity contribution in [2.75, 3.05) is 18.9 Å². The molecule has 5 nitrogen and oxygen atoms in total. The number of nitrogen functional groups attached to an aromatic ring is 1. The van der Waals surface area contributed by atoms with Gasteiger partial charge in [0.05, 0.1) is 24.6 Å². The molecule has 0 amide bonds. The number of halogens is 1.